The fraction of sp³-hybridized carbons (Fsp3) is 0.905. The Labute approximate surface area is 169 Å². The highest BCUT2D eigenvalue weighted by Crippen LogP contribution is 2.29. The van der Waals surface area contributed by atoms with E-state index in [2.05, 4.69) is 5.32 Å². The number of ether oxygens (including phenoxy) is 3. The molecule has 7 heteroatoms. The Bertz CT molecular complexity index is 524. The van der Waals surface area contributed by atoms with Gasteiger partial charge in [0, 0.05) is 31.3 Å². The van der Waals surface area contributed by atoms with E-state index in [9.17, 15) is 9.59 Å². The molecule has 0 aromatic rings. The second-order valence-electron chi connectivity index (χ2n) is 9.88. The zero-order valence-electron chi connectivity index (χ0n) is 18.4. The molecule has 2 rings (SSSR count). The summed E-state index contributed by atoms with van der Waals surface area (Å²) in [4.78, 5) is 26.9. The molecule has 7 nitrogen and oxygen atoms in total. The number of nitrogens with one attached hydrogen (secondary N) is 1. The molecule has 0 radical (unpaired) electrons. The first-order valence-corrected chi connectivity index (χ1v) is 10.5. The molecule has 28 heavy (non-hydrogen) atoms. The van der Waals surface area contributed by atoms with Gasteiger partial charge in [0.25, 0.3) is 0 Å². The van der Waals surface area contributed by atoms with Gasteiger partial charge in [-0.3, -0.25) is 0 Å². The van der Waals surface area contributed by atoms with Crippen LogP contribution in [0.3, 0.4) is 0 Å². The highest BCUT2D eigenvalue weighted by atomic mass is 16.6. The smallest absolute Gasteiger partial charge is 0.410 e. The highest BCUT2D eigenvalue weighted by molar-refractivity contribution is 5.69. The van der Waals surface area contributed by atoms with Crippen LogP contribution in [0.15, 0.2) is 0 Å². The molecule has 0 aromatic carbocycles. The number of rotatable bonds is 3. The van der Waals surface area contributed by atoms with E-state index in [0.29, 0.717) is 13.2 Å². The van der Waals surface area contributed by atoms with Crippen molar-refractivity contribution in [1.82, 2.24) is 10.2 Å². The zero-order chi connectivity index (χ0) is 20.9. The molecule has 0 unspecified atom stereocenters. The van der Waals surface area contributed by atoms with E-state index in [1.165, 1.54) is 0 Å². The van der Waals surface area contributed by atoms with Gasteiger partial charge in [0.05, 0.1) is 0 Å². The predicted octanol–water partition coefficient (Wildman–Crippen LogP) is 4.24. The summed E-state index contributed by atoms with van der Waals surface area (Å²) in [6.07, 6.45) is 4.42. The van der Waals surface area contributed by atoms with Crippen molar-refractivity contribution in [2.24, 2.45) is 0 Å². The van der Waals surface area contributed by atoms with Gasteiger partial charge in [0.15, 0.2) is 0 Å². The molecular weight excluding hydrogens is 360 g/mol. The molecule has 2 amide bonds. The predicted molar refractivity (Wildman–Crippen MR) is 107 cm³/mol. The summed E-state index contributed by atoms with van der Waals surface area (Å²) in [7, 11) is 0. The summed E-state index contributed by atoms with van der Waals surface area (Å²) in [5.74, 6) is 0. The molecule has 1 aliphatic heterocycles. The van der Waals surface area contributed by atoms with E-state index in [-0.39, 0.29) is 30.3 Å². The highest BCUT2D eigenvalue weighted by Gasteiger charge is 2.37. The molecule has 0 aromatic heterocycles. The zero-order valence-corrected chi connectivity index (χ0v) is 18.4. The first-order chi connectivity index (χ1) is 12.9. The fourth-order valence-electron chi connectivity index (χ4n) is 3.85. The van der Waals surface area contributed by atoms with Crippen LogP contribution in [0.1, 0.15) is 80.1 Å². The van der Waals surface area contributed by atoms with Gasteiger partial charge < -0.3 is 24.4 Å². The van der Waals surface area contributed by atoms with Crippen LogP contribution in [0.5, 0.6) is 0 Å². The van der Waals surface area contributed by atoms with Crippen LogP contribution in [-0.4, -0.2) is 59.6 Å². The maximum Gasteiger partial charge on any atom is 0.410 e. The number of alkyl carbamates (subject to hydrolysis) is 1. The van der Waals surface area contributed by atoms with E-state index in [1.54, 1.807) is 0 Å². The fourth-order valence-corrected chi connectivity index (χ4v) is 3.85. The van der Waals surface area contributed by atoms with Crippen LogP contribution in [0, 0.1) is 0 Å². The Kier molecular flexibility index (Phi) is 7.59. The minimum absolute atomic E-state index is 0.0845. The van der Waals surface area contributed by atoms with Crippen molar-refractivity contribution >= 4 is 12.2 Å². The summed E-state index contributed by atoms with van der Waals surface area (Å²) in [6, 6.07) is 0.375. The first-order valence-electron chi connectivity index (χ1n) is 10.5. The van der Waals surface area contributed by atoms with Crippen LogP contribution in [0.2, 0.25) is 0 Å². The normalized spacial score (nSPS) is 24.4. The number of amides is 2. The van der Waals surface area contributed by atoms with Gasteiger partial charge in [-0.15, -0.1) is 0 Å². The summed E-state index contributed by atoms with van der Waals surface area (Å²) in [5.41, 5.74) is -1.02. The Morgan fingerprint density at radius 3 is 1.82 bits per heavy atom. The van der Waals surface area contributed by atoms with Crippen molar-refractivity contribution in [2.75, 3.05) is 13.2 Å². The van der Waals surface area contributed by atoms with Gasteiger partial charge in [-0.1, -0.05) is 0 Å². The van der Waals surface area contributed by atoms with Gasteiger partial charge in [0.1, 0.15) is 11.2 Å². The molecule has 162 valence electrons. The lowest BCUT2D eigenvalue weighted by Crippen LogP contribution is -2.53. The standard InChI is InChI=1S/C21H38N2O5/c1-20(2,3)27-18(24)22-15-7-9-16(10-8-15)23(17-11-13-26-14-12-17)19(25)28-21(4,5)6/h15-17H,7-14H2,1-6H3,(H,22,24). The Morgan fingerprint density at radius 1 is 0.821 bits per heavy atom. The number of hydrogen-bond donors (Lipinski definition) is 1. The third-order valence-electron chi connectivity index (χ3n) is 5.00. The van der Waals surface area contributed by atoms with E-state index < -0.39 is 11.2 Å². The van der Waals surface area contributed by atoms with Crippen LogP contribution in [-0.2, 0) is 14.2 Å². The van der Waals surface area contributed by atoms with Crippen molar-refractivity contribution < 1.29 is 23.8 Å². The molecule has 1 saturated heterocycles. The molecule has 1 heterocycles. The van der Waals surface area contributed by atoms with Crippen molar-refractivity contribution in [2.45, 2.75) is 109 Å². The van der Waals surface area contributed by atoms with Gasteiger partial charge in [-0.05, 0) is 80.1 Å². The van der Waals surface area contributed by atoms with E-state index in [1.807, 2.05) is 46.4 Å². The van der Waals surface area contributed by atoms with Crippen molar-refractivity contribution in [3.8, 4) is 0 Å². The van der Waals surface area contributed by atoms with Gasteiger partial charge >= 0.3 is 12.2 Å². The van der Waals surface area contributed by atoms with Crippen LogP contribution < -0.4 is 5.32 Å². The molecule has 1 saturated carbocycles. The molecule has 2 fully saturated rings. The molecule has 0 bridgehead atoms. The van der Waals surface area contributed by atoms with Crippen molar-refractivity contribution in [3.05, 3.63) is 0 Å². The monoisotopic (exact) mass is 398 g/mol. The Balaban J connectivity index is 1.96. The van der Waals surface area contributed by atoms with E-state index in [4.69, 9.17) is 14.2 Å². The topological polar surface area (TPSA) is 77.1 Å². The molecule has 1 aliphatic carbocycles. The van der Waals surface area contributed by atoms with Crippen molar-refractivity contribution in [3.63, 3.8) is 0 Å². The largest absolute Gasteiger partial charge is 0.444 e. The summed E-state index contributed by atoms with van der Waals surface area (Å²) in [6.45, 7) is 12.6. The molecule has 0 spiro atoms. The number of nitrogens with zero attached hydrogens (tertiary/aromatic N) is 1. The Hall–Kier alpha value is -1.50. The lowest BCUT2D eigenvalue weighted by molar-refractivity contribution is -0.0245. The second-order valence-corrected chi connectivity index (χ2v) is 9.88. The number of carbonyl (C=O) groups excluding carboxylic acids is 2. The average Bonchev–Trinajstić information content (AvgIpc) is 2.54. The van der Waals surface area contributed by atoms with Crippen LogP contribution in [0.25, 0.3) is 0 Å². The molecule has 1 N–H and O–H groups in total. The lowest BCUT2D eigenvalue weighted by atomic mass is 9.89. The van der Waals surface area contributed by atoms with Gasteiger partial charge in [-0.2, -0.15) is 0 Å². The summed E-state index contributed by atoms with van der Waals surface area (Å²) in [5, 5.41) is 2.97. The SMILES string of the molecule is CC(C)(C)OC(=O)NC1CCC(N(C(=O)OC(C)(C)C)C2CCOCC2)CC1. The molecular formula is C21H38N2O5. The van der Waals surface area contributed by atoms with Crippen LogP contribution in [0.4, 0.5) is 9.59 Å². The van der Waals surface area contributed by atoms with Gasteiger partial charge in [-0.25, -0.2) is 9.59 Å². The van der Waals surface area contributed by atoms with Crippen LogP contribution >= 0.6 is 0 Å². The maximum absolute atomic E-state index is 12.9. The third kappa shape index (κ3) is 7.49. The lowest BCUT2D eigenvalue weighted by Gasteiger charge is -2.43. The number of carbonyl (C=O) groups is 2. The first kappa shape index (κ1) is 22.8. The van der Waals surface area contributed by atoms with E-state index in [0.717, 1.165) is 38.5 Å². The van der Waals surface area contributed by atoms with Gasteiger partial charge in [0.2, 0.25) is 0 Å². The van der Waals surface area contributed by atoms with E-state index >= 15 is 0 Å². The van der Waals surface area contributed by atoms with Crippen molar-refractivity contribution in [1.29, 1.82) is 0 Å². The minimum atomic E-state index is -0.518. The quantitative estimate of drug-likeness (QED) is 0.769. The average molecular weight is 399 g/mol. The molecule has 2 aliphatic rings. The molecule has 0 atom stereocenters. The summed E-state index contributed by atoms with van der Waals surface area (Å²) >= 11 is 0. The Morgan fingerprint density at radius 2 is 1.32 bits per heavy atom. The number of hydrogen-bond acceptors (Lipinski definition) is 5. The second kappa shape index (κ2) is 9.33. The summed E-state index contributed by atoms with van der Waals surface area (Å²) < 4.78 is 16.5. The third-order valence-corrected chi connectivity index (χ3v) is 5.00. The minimum Gasteiger partial charge on any atom is -0.444 e. The maximum atomic E-state index is 12.9.